The molecule has 0 bridgehead atoms. The summed E-state index contributed by atoms with van der Waals surface area (Å²) in [6.07, 6.45) is -1.09. The van der Waals surface area contributed by atoms with Crippen LogP contribution in [-0.2, 0) is 0 Å². The van der Waals surface area contributed by atoms with Gasteiger partial charge in [-0.1, -0.05) is 18.2 Å². The lowest BCUT2D eigenvalue weighted by molar-refractivity contribution is 0.0657. The number of halogens is 2. The van der Waals surface area contributed by atoms with Gasteiger partial charge >= 0.3 is 0 Å². The Labute approximate surface area is 126 Å². The molecule has 0 saturated heterocycles. The van der Waals surface area contributed by atoms with E-state index in [1.165, 1.54) is 18.0 Å². The molecule has 3 rings (SSSR count). The summed E-state index contributed by atoms with van der Waals surface area (Å²) in [5.74, 6) is 0.953. The van der Waals surface area contributed by atoms with E-state index in [1.54, 1.807) is 6.07 Å². The topological polar surface area (TPSA) is 62.9 Å². The minimum atomic E-state index is -2.57. The van der Waals surface area contributed by atoms with E-state index < -0.39 is 12.5 Å². The fourth-order valence-electron chi connectivity index (χ4n) is 2.77. The first-order valence-corrected chi connectivity index (χ1v) is 6.81. The van der Waals surface area contributed by atoms with E-state index in [1.807, 2.05) is 24.3 Å². The van der Waals surface area contributed by atoms with Crippen LogP contribution in [0.5, 0.6) is 5.75 Å². The van der Waals surface area contributed by atoms with Gasteiger partial charge in [0, 0.05) is 5.56 Å². The number of methoxy groups -OCH3 is 1. The van der Waals surface area contributed by atoms with Crippen LogP contribution in [-0.4, -0.2) is 23.3 Å². The summed E-state index contributed by atoms with van der Waals surface area (Å²) in [5, 5.41) is 16.2. The quantitative estimate of drug-likeness (QED) is 0.946. The molecule has 0 fully saturated rings. The average Bonchev–Trinajstić information content (AvgIpc) is 2.96. The molecule has 2 atom stereocenters. The summed E-state index contributed by atoms with van der Waals surface area (Å²) >= 11 is 0. The van der Waals surface area contributed by atoms with Gasteiger partial charge in [0.15, 0.2) is 0 Å². The number of nitrogens with zero attached hydrogens (tertiary/aromatic N) is 3. The van der Waals surface area contributed by atoms with Crippen LogP contribution in [0.3, 0.4) is 0 Å². The number of aromatic nitrogens is 2. The number of alkyl halides is 2. The molecule has 0 aliphatic carbocycles. The van der Waals surface area contributed by atoms with Crippen molar-refractivity contribution in [2.45, 2.75) is 24.9 Å². The molecular formula is C15H14F2N4O. The van der Waals surface area contributed by atoms with Crippen LogP contribution in [0, 0.1) is 11.3 Å². The minimum absolute atomic E-state index is 0.164. The van der Waals surface area contributed by atoms with Crippen molar-refractivity contribution in [1.82, 2.24) is 9.78 Å². The number of ether oxygens (including phenoxy) is 1. The summed E-state index contributed by atoms with van der Waals surface area (Å²) in [4.78, 5) is 0. The van der Waals surface area contributed by atoms with E-state index >= 15 is 0 Å². The molecule has 0 amide bonds. The third-order valence-corrected chi connectivity index (χ3v) is 3.82. The fourth-order valence-corrected chi connectivity index (χ4v) is 2.77. The maximum absolute atomic E-state index is 13.4. The summed E-state index contributed by atoms with van der Waals surface area (Å²) in [6.45, 7) is 0. The Hall–Kier alpha value is -2.62. The number of hydrogen-bond donors (Lipinski definition) is 1. The van der Waals surface area contributed by atoms with Gasteiger partial charge in [-0.25, -0.2) is 13.5 Å². The second-order valence-electron chi connectivity index (χ2n) is 5.04. The summed E-state index contributed by atoms with van der Waals surface area (Å²) < 4.78 is 33.3. The third-order valence-electron chi connectivity index (χ3n) is 3.82. The van der Waals surface area contributed by atoms with Crippen molar-refractivity contribution in [3.05, 3.63) is 41.6 Å². The Bertz CT molecular complexity index is 723. The number of benzene rings is 1. The van der Waals surface area contributed by atoms with Crippen LogP contribution >= 0.6 is 0 Å². The number of hydrogen-bond acceptors (Lipinski definition) is 4. The Morgan fingerprint density at radius 1 is 1.45 bits per heavy atom. The molecule has 2 heterocycles. The van der Waals surface area contributed by atoms with Crippen molar-refractivity contribution in [2.75, 3.05) is 12.4 Å². The molecule has 1 aromatic heterocycles. The van der Waals surface area contributed by atoms with Gasteiger partial charge in [0.25, 0.3) is 6.43 Å². The molecule has 5 nitrogen and oxygen atoms in total. The first kappa shape index (κ1) is 14.3. The number of nitriles is 1. The molecule has 0 saturated carbocycles. The van der Waals surface area contributed by atoms with E-state index in [9.17, 15) is 8.78 Å². The molecule has 1 N–H and O–H groups in total. The summed E-state index contributed by atoms with van der Waals surface area (Å²) in [6, 6.07) is 7.79. The van der Waals surface area contributed by atoms with Crippen LogP contribution < -0.4 is 10.1 Å². The molecule has 2 aromatic rings. The van der Waals surface area contributed by atoms with E-state index in [2.05, 4.69) is 10.4 Å². The monoisotopic (exact) mass is 304 g/mol. The molecule has 1 aliphatic heterocycles. The number of para-hydroxylation sites is 1. The van der Waals surface area contributed by atoms with E-state index in [4.69, 9.17) is 10.00 Å². The summed E-state index contributed by atoms with van der Waals surface area (Å²) in [5.41, 5.74) is 1.04. The second-order valence-corrected chi connectivity index (χ2v) is 5.04. The highest BCUT2D eigenvalue weighted by Gasteiger charge is 2.36. The molecule has 0 spiro atoms. The van der Waals surface area contributed by atoms with Crippen molar-refractivity contribution in [3.63, 3.8) is 0 Å². The predicted octanol–water partition coefficient (Wildman–Crippen LogP) is 3.13. The van der Waals surface area contributed by atoms with E-state index in [0.717, 1.165) is 5.56 Å². The van der Waals surface area contributed by atoms with Crippen molar-refractivity contribution in [3.8, 4) is 11.8 Å². The molecule has 1 aromatic carbocycles. The number of rotatable bonds is 3. The van der Waals surface area contributed by atoms with Gasteiger partial charge in [-0.05, 0) is 12.5 Å². The van der Waals surface area contributed by atoms with Crippen molar-refractivity contribution < 1.29 is 13.5 Å². The first-order valence-electron chi connectivity index (χ1n) is 6.81. The zero-order valence-corrected chi connectivity index (χ0v) is 11.8. The van der Waals surface area contributed by atoms with E-state index in [-0.39, 0.29) is 18.0 Å². The normalized spacial score (nSPS) is 20.1. The van der Waals surface area contributed by atoms with Gasteiger partial charge in [-0.15, -0.1) is 0 Å². The van der Waals surface area contributed by atoms with E-state index in [0.29, 0.717) is 11.6 Å². The molecule has 22 heavy (non-hydrogen) atoms. The zero-order valence-electron chi connectivity index (χ0n) is 11.8. The smallest absolute Gasteiger partial charge is 0.260 e. The Morgan fingerprint density at radius 3 is 2.91 bits per heavy atom. The van der Waals surface area contributed by atoms with Gasteiger partial charge in [-0.3, -0.25) is 0 Å². The third kappa shape index (κ3) is 2.26. The highest BCUT2D eigenvalue weighted by atomic mass is 19.3. The van der Waals surface area contributed by atoms with Crippen LogP contribution in [0.25, 0.3) is 0 Å². The minimum Gasteiger partial charge on any atom is -0.496 e. The molecule has 7 heteroatoms. The molecule has 1 aliphatic rings. The zero-order chi connectivity index (χ0) is 15.7. The number of anilines is 1. The van der Waals surface area contributed by atoms with Gasteiger partial charge in [0.05, 0.1) is 19.3 Å². The van der Waals surface area contributed by atoms with Crippen LogP contribution in [0.1, 0.15) is 29.6 Å². The standard InChI is InChI=1S/C15H14F2N4O/c1-22-13-5-3-2-4-10(13)11-6-12(14(16)17)21-15(20-11)9(7-18)8-19-21/h2-5,8,11-12,14,20H,6H2,1H3/t11-,12-/m1/s1. The van der Waals surface area contributed by atoms with Gasteiger partial charge < -0.3 is 10.1 Å². The Morgan fingerprint density at radius 2 is 2.23 bits per heavy atom. The van der Waals surface area contributed by atoms with Gasteiger partial charge in [0.1, 0.15) is 29.2 Å². The number of nitrogens with one attached hydrogen (secondary N) is 1. The van der Waals surface area contributed by atoms with Crippen molar-refractivity contribution >= 4 is 5.82 Å². The predicted molar refractivity (Wildman–Crippen MR) is 76.0 cm³/mol. The number of fused-ring (bicyclic) bond motifs is 1. The highest BCUT2D eigenvalue weighted by Crippen LogP contribution is 2.41. The highest BCUT2D eigenvalue weighted by molar-refractivity contribution is 5.55. The maximum atomic E-state index is 13.4. The lowest BCUT2D eigenvalue weighted by Crippen LogP contribution is -2.31. The maximum Gasteiger partial charge on any atom is 0.260 e. The SMILES string of the molecule is COc1ccccc1[C@H]1C[C@H](C(F)F)n2ncc(C#N)c2N1. The van der Waals surface area contributed by atoms with Crippen molar-refractivity contribution in [2.24, 2.45) is 0 Å². The van der Waals surface area contributed by atoms with Crippen LogP contribution in [0.15, 0.2) is 30.5 Å². The van der Waals surface area contributed by atoms with Crippen molar-refractivity contribution in [1.29, 1.82) is 5.26 Å². The summed E-state index contributed by atoms with van der Waals surface area (Å²) in [7, 11) is 1.54. The van der Waals surface area contributed by atoms with Gasteiger partial charge in [0.2, 0.25) is 0 Å². The second kappa shape index (κ2) is 5.64. The lowest BCUT2D eigenvalue weighted by atomic mass is 9.96. The molecule has 0 unspecified atom stereocenters. The molecular weight excluding hydrogens is 290 g/mol. The Kier molecular flexibility index (Phi) is 3.67. The van der Waals surface area contributed by atoms with Crippen LogP contribution in [0.4, 0.5) is 14.6 Å². The molecule has 0 radical (unpaired) electrons. The molecule has 114 valence electrons. The lowest BCUT2D eigenvalue weighted by Gasteiger charge is -2.32. The first-order chi connectivity index (χ1) is 10.7. The Balaban J connectivity index is 2.04. The van der Waals surface area contributed by atoms with Crippen LogP contribution in [0.2, 0.25) is 0 Å². The largest absolute Gasteiger partial charge is 0.496 e. The fraction of sp³-hybridized carbons (Fsp3) is 0.333. The van der Waals surface area contributed by atoms with Gasteiger partial charge in [-0.2, -0.15) is 10.4 Å². The average molecular weight is 304 g/mol.